The van der Waals surface area contributed by atoms with E-state index < -0.39 is 0 Å². The summed E-state index contributed by atoms with van der Waals surface area (Å²) >= 11 is 0. The van der Waals surface area contributed by atoms with Gasteiger partial charge in [-0.2, -0.15) is 0 Å². The van der Waals surface area contributed by atoms with Crippen LogP contribution in [0.2, 0.25) is 0 Å². The maximum Gasteiger partial charge on any atom is -0.000740 e. The Bertz CT molecular complexity index is 4050. The second kappa shape index (κ2) is 14.2. The summed E-state index contributed by atoms with van der Waals surface area (Å²) in [5, 5.41) is 17.8. The zero-order valence-electron chi connectivity index (χ0n) is 38.1. The summed E-state index contributed by atoms with van der Waals surface area (Å²) in [6.07, 6.45) is 0. The van der Waals surface area contributed by atoms with Gasteiger partial charge in [-0.15, -0.1) is 0 Å². The van der Waals surface area contributed by atoms with E-state index >= 15 is 0 Å². The monoisotopic (exact) mass is 880 g/mol. The number of rotatable bonds is 4. The van der Waals surface area contributed by atoms with Crippen LogP contribution in [0.3, 0.4) is 0 Å². The summed E-state index contributed by atoms with van der Waals surface area (Å²) in [7, 11) is 0. The number of hydrogen-bond donors (Lipinski definition) is 0. The summed E-state index contributed by atoms with van der Waals surface area (Å²) in [4.78, 5) is 0. The van der Waals surface area contributed by atoms with E-state index in [1.807, 2.05) is 0 Å². The molecule has 0 aromatic heterocycles. The molecule has 0 aliphatic heterocycles. The van der Waals surface area contributed by atoms with Crippen molar-refractivity contribution in [2.24, 2.45) is 0 Å². The van der Waals surface area contributed by atoms with Crippen molar-refractivity contribution in [2.75, 3.05) is 0 Å². The zero-order chi connectivity index (χ0) is 45.6. The highest BCUT2D eigenvalue weighted by molar-refractivity contribution is 6.35. The molecule has 2 aliphatic rings. The van der Waals surface area contributed by atoms with Crippen molar-refractivity contribution in [3.8, 4) is 89.0 Å². The molecule has 320 valence electrons. The van der Waals surface area contributed by atoms with Crippen molar-refractivity contribution in [2.45, 2.75) is 0 Å². The van der Waals surface area contributed by atoms with Crippen molar-refractivity contribution in [3.63, 3.8) is 0 Å². The molecule has 0 saturated carbocycles. The van der Waals surface area contributed by atoms with Gasteiger partial charge in [-0.1, -0.05) is 218 Å². The molecule has 0 atom stereocenters. The van der Waals surface area contributed by atoms with E-state index in [0.717, 1.165) is 0 Å². The number of benzene rings is 14. The molecule has 14 aromatic rings. The van der Waals surface area contributed by atoms with E-state index in [1.165, 1.54) is 164 Å². The highest BCUT2D eigenvalue weighted by atomic mass is 14.4. The van der Waals surface area contributed by atoms with Crippen LogP contribution < -0.4 is 0 Å². The Kier molecular flexibility index (Phi) is 7.70. The van der Waals surface area contributed by atoms with Gasteiger partial charge in [0.1, 0.15) is 0 Å². The average Bonchev–Trinajstić information content (AvgIpc) is 3.93. The summed E-state index contributed by atoms with van der Waals surface area (Å²) < 4.78 is 0. The van der Waals surface area contributed by atoms with Crippen LogP contribution >= 0.6 is 0 Å². The zero-order valence-corrected chi connectivity index (χ0v) is 38.1. The van der Waals surface area contributed by atoms with Crippen molar-refractivity contribution < 1.29 is 0 Å². The molecule has 0 fully saturated rings. The van der Waals surface area contributed by atoms with E-state index in [9.17, 15) is 0 Å². The average molecular weight is 881 g/mol. The Morgan fingerprint density at radius 3 is 0.614 bits per heavy atom. The lowest BCUT2D eigenvalue weighted by molar-refractivity contribution is 1.63. The summed E-state index contributed by atoms with van der Waals surface area (Å²) in [5.41, 5.74) is 20.6. The normalized spacial score (nSPS) is 12.3. The Balaban J connectivity index is 1.06. The topological polar surface area (TPSA) is 0 Å². The molecule has 14 aromatic carbocycles. The predicted octanol–water partition coefficient (Wildman–Crippen LogP) is 19.7. The molecule has 0 spiro atoms. The van der Waals surface area contributed by atoms with Gasteiger partial charge in [0.2, 0.25) is 0 Å². The van der Waals surface area contributed by atoms with Crippen LogP contribution in [0.15, 0.2) is 243 Å². The Morgan fingerprint density at radius 1 is 0.157 bits per heavy atom. The minimum atomic E-state index is 1.24. The largest absolute Gasteiger partial charge is 0.0616 e. The first kappa shape index (κ1) is 37.9. The minimum Gasteiger partial charge on any atom is -0.0616 e. The molecule has 0 amide bonds. The van der Waals surface area contributed by atoms with Gasteiger partial charge in [-0.3, -0.25) is 0 Å². The molecule has 0 saturated heterocycles. The van der Waals surface area contributed by atoms with Gasteiger partial charge in [-0.05, 0) is 189 Å². The molecular weight excluding hydrogens is 841 g/mol. The Morgan fingerprint density at radius 2 is 0.371 bits per heavy atom. The third-order valence-corrected chi connectivity index (χ3v) is 15.8. The van der Waals surface area contributed by atoms with Crippen LogP contribution in [0.1, 0.15) is 0 Å². The Hall–Kier alpha value is -9.10. The maximum absolute atomic E-state index is 2.48. The maximum atomic E-state index is 2.48. The lowest BCUT2D eigenvalue weighted by Gasteiger charge is -2.22. The predicted molar refractivity (Wildman–Crippen MR) is 300 cm³/mol. The molecule has 0 nitrogen and oxygen atoms in total. The molecule has 0 unspecified atom stereocenters. The summed E-state index contributed by atoms with van der Waals surface area (Å²) in [6, 6.07) is 91.6. The van der Waals surface area contributed by atoms with Crippen molar-refractivity contribution in [3.05, 3.63) is 243 Å². The third kappa shape index (κ3) is 5.20. The fourth-order valence-electron chi connectivity index (χ4n) is 12.9. The van der Waals surface area contributed by atoms with Gasteiger partial charge in [0, 0.05) is 0 Å². The first-order valence-electron chi connectivity index (χ1n) is 24.5. The molecule has 0 heteroatoms. The highest BCUT2D eigenvalue weighted by Gasteiger charge is 2.37. The molecular formula is C70H40. The summed E-state index contributed by atoms with van der Waals surface area (Å²) in [6.45, 7) is 0. The van der Waals surface area contributed by atoms with Crippen LogP contribution in [0.5, 0.6) is 0 Å². The SMILES string of the molecule is c1ccc2cc(-c3c4c(c(-c5ccc6ccccc6c5)c5ccccc35)-c3ccc5c6c(ccc-4c36)-c3c-5c(-c4ccc5ccccc5c4)c4ccccc4c3-c3ccc4ccccc4c3)ccc2c1. The van der Waals surface area contributed by atoms with E-state index in [-0.39, 0.29) is 0 Å². The number of fused-ring (bicyclic) bond motifs is 12. The second-order valence-electron chi connectivity index (χ2n) is 19.4. The van der Waals surface area contributed by atoms with Crippen molar-refractivity contribution in [1.29, 1.82) is 0 Å². The number of hydrogen-bond acceptors (Lipinski definition) is 0. The van der Waals surface area contributed by atoms with Gasteiger partial charge >= 0.3 is 0 Å². The molecule has 16 rings (SSSR count). The smallest absolute Gasteiger partial charge is 0.000740 e. The lowest BCUT2D eigenvalue weighted by Crippen LogP contribution is -1.94. The minimum absolute atomic E-state index is 1.24. The van der Waals surface area contributed by atoms with Gasteiger partial charge in [0.25, 0.3) is 0 Å². The van der Waals surface area contributed by atoms with Gasteiger partial charge < -0.3 is 0 Å². The van der Waals surface area contributed by atoms with Gasteiger partial charge in [0.05, 0.1) is 0 Å². The van der Waals surface area contributed by atoms with Crippen LogP contribution in [0.25, 0.3) is 164 Å². The first-order chi connectivity index (χ1) is 34.7. The first-order valence-corrected chi connectivity index (χ1v) is 24.5. The molecule has 0 bridgehead atoms. The van der Waals surface area contributed by atoms with E-state index in [4.69, 9.17) is 0 Å². The van der Waals surface area contributed by atoms with Gasteiger partial charge in [-0.25, -0.2) is 0 Å². The van der Waals surface area contributed by atoms with Crippen LogP contribution in [-0.4, -0.2) is 0 Å². The standard InChI is InChI=1S/C70H40/c1-5-17-45-37-49(29-25-41(45)13-1)61-53-21-9-10-22-54(53)62(50-30-26-42-14-2-6-18-46(42)38-50)68-58-35-36-60-66-59(34-33-57(65(58)66)67(61)68)69-63(51-31-27-43-15-3-7-19-47(43)39-51)55-23-11-12-24-56(55)64(70(60)69)52-32-28-44-16-4-8-20-48(44)40-52/h1-40H. The Labute approximate surface area is 405 Å². The molecule has 0 heterocycles. The van der Waals surface area contributed by atoms with Crippen LogP contribution in [0, 0.1) is 0 Å². The van der Waals surface area contributed by atoms with E-state index in [1.54, 1.807) is 0 Å². The third-order valence-electron chi connectivity index (χ3n) is 15.8. The second-order valence-corrected chi connectivity index (χ2v) is 19.4. The highest BCUT2D eigenvalue weighted by Crippen LogP contribution is 2.64. The van der Waals surface area contributed by atoms with Crippen LogP contribution in [-0.2, 0) is 0 Å². The van der Waals surface area contributed by atoms with Gasteiger partial charge in [0.15, 0.2) is 0 Å². The van der Waals surface area contributed by atoms with Crippen molar-refractivity contribution in [1.82, 2.24) is 0 Å². The summed E-state index contributed by atoms with van der Waals surface area (Å²) in [5.74, 6) is 0. The fourth-order valence-corrected chi connectivity index (χ4v) is 12.9. The quantitative estimate of drug-likeness (QED) is 0.165. The van der Waals surface area contributed by atoms with E-state index in [2.05, 4.69) is 243 Å². The molecule has 2 aliphatic carbocycles. The van der Waals surface area contributed by atoms with E-state index in [0.29, 0.717) is 0 Å². The lowest BCUT2D eigenvalue weighted by atomic mass is 9.81. The fraction of sp³-hybridized carbons (Fsp3) is 0. The molecule has 0 N–H and O–H groups in total. The molecule has 70 heavy (non-hydrogen) atoms. The van der Waals surface area contributed by atoms with Crippen molar-refractivity contribution >= 4 is 75.4 Å². The van der Waals surface area contributed by atoms with Crippen LogP contribution in [0.4, 0.5) is 0 Å². The molecule has 0 radical (unpaired) electrons.